The van der Waals surface area contributed by atoms with Crippen molar-refractivity contribution in [2.45, 2.75) is 70.1 Å². The molecule has 0 aromatic rings. The Bertz CT molecular complexity index is 344. The van der Waals surface area contributed by atoms with Gasteiger partial charge in [-0.2, -0.15) is 0 Å². The van der Waals surface area contributed by atoms with Crippen LogP contribution < -0.4 is 10.6 Å². The third kappa shape index (κ3) is 8.82. The van der Waals surface area contributed by atoms with Gasteiger partial charge in [0.05, 0.1) is 12.2 Å². The highest BCUT2D eigenvalue weighted by Gasteiger charge is 2.20. The summed E-state index contributed by atoms with van der Waals surface area (Å²) in [5.74, 6) is 0.889. The summed E-state index contributed by atoms with van der Waals surface area (Å²) in [7, 11) is 0. The second-order valence-electron chi connectivity index (χ2n) is 6.45. The van der Waals surface area contributed by atoms with Crippen molar-refractivity contribution in [3.05, 3.63) is 0 Å². The Morgan fingerprint density at radius 1 is 1.17 bits per heavy atom. The molecule has 0 amide bonds. The Balaban J connectivity index is 0.00000288. The van der Waals surface area contributed by atoms with Crippen molar-refractivity contribution in [1.29, 1.82) is 0 Å². The van der Waals surface area contributed by atoms with E-state index in [0.717, 1.165) is 83.8 Å². The molecule has 0 aromatic heterocycles. The second kappa shape index (κ2) is 13.1. The molecule has 3 N–H and O–H groups in total. The van der Waals surface area contributed by atoms with Gasteiger partial charge in [0.25, 0.3) is 0 Å². The fourth-order valence-corrected chi connectivity index (χ4v) is 3.08. The maximum atomic E-state index is 9.58. The van der Waals surface area contributed by atoms with Gasteiger partial charge in [-0.25, -0.2) is 0 Å². The van der Waals surface area contributed by atoms with Gasteiger partial charge in [0.15, 0.2) is 5.96 Å². The van der Waals surface area contributed by atoms with Crippen LogP contribution in [0.5, 0.6) is 0 Å². The van der Waals surface area contributed by atoms with E-state index in [4.69, 9.17) is 9.47 Å². The number of ether oxygens (including phenoxy) is 2. The summed E-state index contributed by atoms with van der Waals surface area (Å²) in [6.07, 6.45) is 7.02. The Hall–Kier alpha value is -0.120. The standard InChI is InChI=1S/C17H33N3O3.HI/c1-2-18-17(20-14-4-6-15(21)7-5-14)19-10-3-11-23-16-8-12-22-13-9-16;/h14-16,21H,2-13H2,1H3,(H2,18,19,20);1H. The zero-order chi connectivity index (χ0) is 16.3. The predicted octanol–water partition coefficient (Wildman–Crippen LogP) is 2.05. The number of aliphatic hydroxyl groups excluding tert-OH is 1. The molecule has 1 saturated heterocycles. The van der Waals surface area contributed by atoms with Crippen LogP contribution >= 0.6 is 24.0 Å². The molecular weight excluding hydrogens is 421 g/mol. The SMILES string of the molecule is CCNC(=NCCCOC1CCOCC1)NC1CCC(O)CC1.I. The molecule has 1 aliphatic heterocycles. The van der Waals surface area contributed by atoms with Crippen LogP contribution in [0.25, 0.3) is 0 Å². The van der Waals surface area contributed by atoms with Crippen LogP contribution in [-0.4, -0.2) is 62.2 Å². The summed E-state index contributed by atoms with van der Waals surface area (Å²) in [4.78, 5) is 4.64. The van der Waals surface area contributed by atoms with Crippen molar-refractivity contribution in [2.75, 3.05) is 32.9 Å². The van der Waals surface area contributed by atoms with Gasteiger partial charge >= 0.3 is 0 Å². The van der Waals surface area contributed by atoms with E-state index >= 15 is 0 Å². The molecule has 0 spiro atoms. The average molecular weight is 455 g/mol. The zero-order valence-corrected chi connectivity index (χ0v) is 17.2. The van der Waals surface area contributed by atoms with Crippen molar-refractivity contribution < 1.29 is 14.6 Å². The number of halogens is 1. The topological polar surface area (TPSA) is 75.1 Å². The summed E-state index contributed by atoms with van der Waals surface area (Å²) in [5.41, 5.74) is 0. The molecule has 6 nitrogen and oxygen atoms in total. The first-order valence-corrected chi connectivity index (χ1v) is 9.20. The van der Waals surface area contributed by atoms with E-state index in [-0.39, 0.29) is 30.1 Å². The minimum Gasteiger partial charge on any atom is -0.393 e. The van der Waals surface area contributed by atoms with Crippen LogP contribution in [0.3, 0.4) is 0 Å². The zero-order valence-electron chi connectivity index (χ0n) is 14.8. The third-order valence-corrected chi connectivity index (χ3v) is 4.48. The third-order valence-electron chi connectivity index (χ3n) is 4.48. The van der Waals surface area contributed by atoms with Crippen LogP contribution in [0.4, 0.5) is 0 Å². The molecule has 1 saturated carbocycles. The highest BCUT2D eigenvalue weighted by atomic mass is 127. The molecule has 24 heavy (non-hydrogen) atoms. The minimum absolute atomic E-state index is 0. The Morgan fingerprint density at radius 2 is 1.88 bits per heavy atom. The van der Waals surface area contributed by atoms with Crippen molar-refractivity contribution in [1.82, 2.24) is 10.6 Å². The normalized spacial score (nSPS) is 25.8. The quantitative estimate of drug-likeness (QED) is 0.237. The van der Waals surface area contributed by atoms with Gasteiger partial charge in [-0.15, -0.1) is 24.0 Å². The lowest BCUT2D eigenvalue weighted by Crippen LogP contribution is -2.45. The molecule has 2 rings (SSSR count). The largest absolute Gasteiger partial charge is 0.393 e. The highest BCUT2D eigenvalue weighted by molar-refractivity contribution is 14.0. The number of hydrogen-bond acceptors (Lipinski definition) is 4. The molecule has 2 fully saturated rings. The van der Waals surface area contributed by atoms with Gasteiger partial charge in [-0.1, -0.05) is 0 Å². The molecule has 0 atom stereocenters. The van der Waals surface area contributed by atoms with E-state index in [1.54, 1.807) is 0 Å². The predicted molar refractivity (Wildman–Crippen MR) is 107 cm³/mol. The minimum atomic E-state index is -0.116. The number of nitrogens with zero attached hydrogens (tertiary/aromatic N) is 1. The molecule has 7 heteroatoms. The number of aliphatic imine (C=N–C) groups is 1. The van der Waals surface area contributed by atoms with Crippen molar-refractivity contribution in [3.63, 3.8) is 0 Å². The van der Waals surface area contributed by atoms with E-state index < -0.39 is 0 Å². The lowest BCUT2D eigenvalue weighted by atomic mass is 9.93. The first-order valence-electron chi connectivity index (χ1n) is 9.20. The molecule has 0 unspecified atom stereocenters. The van der Waals surface area contributed by atoms with Gasteiger partial charge in [-0.3, -0.25) is 4.99 Å². The summed E-state index contributed by atoms with van der Waals surface area (Å²) < 4.78 is 11.2. The highest BCUT2D eigenvalue weighted by Crippen LogP contribution is 2.18. The maximum absolute atomic E-state index is 9.58. The lowest BCUT2D eigenvalue weighted by molar-refractivity contribution is -0.0318. The number of hydrogen-bond donors (Lipinski definition) is 3. The first kappa shape index (κ1) is 21.9. The van der Waals surface area contributed by atoms with Crippen LogP contribution in [0.1, 0.15) is 51.9 Å². The molecule has 1 heterocycles. The molecule has 1 aliphatic carbocycles. The van der Waals surface area contributed by atoms with Crippen molar-refractivity contribution in [2.24, 2.45) is 4.99 Å². The first-order chi connectivity index (χ1) is 11.3. The van der Waals surface area contributed by atoms with Crippen molar-refractivity contribution in [3.8, 4) is 0 Å². The molecule has 142 valence electrons. The maximum Gasteiger partial charge on any atom is 0.191 e. The monoisotopic (exact) mass is 455 g/mol. The average Bonchev–Trinajstić information content (AvgIpc) is 2.57. The van der Waals surface area contributed by atoms with Crippen LogP contribution in [-0.2, 0) is 9.47 Å². The van der Waals surface area contributed by atoms with Gasteiger partial charge < -0.3 is 25.2 Å². The van der Waals surface area contributed by atoms with Crippen molar-refractivity contribution >= 4 is 29.9 Å². The van der Waals surface area contributed by atoms with E-state index in [9.17, 15) is 5.11 Å². The Morgan fingerprint density at radius 3 is 2.54 bits per heavy atom. The summed E-state index contributed by atoms with van der Waals surface area (Å²) >= 11 is 0. The molecule has 0 aromatic carbocycles. The van der Waals surface area contributed by atoms with E-state index in [0.29, 0.717) is 12.1 Å². The fourth-order valence-electron chi connectivity index (χ4n) is 3.08. The van der Waals surface area contributed by atoms with Gasteiger partial charge in [0.1, 0.15) is 0 Å². The number of guanidine groups is 1. The smallest absolute Gasteiger partial charge is 0.191 e. The second-order valence-corrected chi connectivity index (χ2v) is 6.45. The van der Waals surface area contributed by atoms with Gasteiger partial charge in [-0.05, 0) is 51.9 Å². The fraction of sp³-hybridized carbons (Fsp3) is 0.941. The van der Waals surface area contributed by atoms with Gasteiger partial charge in [0, 0.05) is 39.0 Å². The molecule has 0 bridgehead atoms. The lowest BCUT2D eigenvalue weighted by Gasteiger charge is -2.27. The van der Waals surface area contributed by atoms with Crippen LogP contribution in [0.15, 0.2) is 4.99 Å². The van der Waals surface area contributed by atoms with E-state index in [1.165, 1.54) is 0 Å². The van der Waals surface area contributed by atoms with E-state index in [2.05, 4.69) is 22.5 Å². The van der Waals surface area contributed by atoms with Gasteiger partial charge in [0.2, 0.25) is 0 Å². The summed E-state index contributed by atoms with van der Waals surface area (Å²) in [6, 6.07) is 0.426. The van der Waals surface area contributed by atoms with E-state index in [1.807, 2.05) is 0 Å². The Labute approximate surface area is 163 Å². The number of nitrogens with one attached hydrogen (secondary N) is 2. The summed E-state index contributed by atoms with van der Waals surface area (Å²) in [5, 5.41) is 16.4. The number of aliphatic hydroxyl groups is 1. The van der Waals surface area contributed by atoms with Crippen LogP contribution in [0.2, 0.25) is 0 Å². The number of rotatable bonds is 7. The Kier molecular flexibility index (Phi) is 12.0. The summed E-state index contributed by atoms with van der Waals surface area (Å²) in [6.45, 7) is 6.13. The molecular formula is C17H34IN3O3. The molecule has 0 radical (unpaired) electrons. The van der Waals surface area contributed by atoms with Crippen LogP contribution in [0, 0.1) is 0 Å². The molecule has 2 aliphatic rings.